The van der Waals surface area contributed by atoms with E-state index in [4.69, 9.17) is 9.84 Å². The van der Waals surface area contributed by atoms with Crippen LogP contribution in [0.4, 0.5) is 0 Å². The van der Waals surface area contributed by atoms with E-state index < -0.39 is 24.8 Å². The molecule has 0 aliphatic heterocycles. The summed E-state index contributed by atoms with van der Waals surface area (Å²) in [5, 5.41) is 24.7. The van der Waals surface area contributed by atoms with Crippen LogP contribution in [-0.2, 0) is 14.4 Å². The molecular formula is C14H19N3O6. The topological polar surface area (TPSA) is 114 Å². The van der Waals surface area contributed by atoms with Gasteiger partial charge in [-0.3, -0.25) is 0 Å². The van der Waals surface area contributed by atoms with Crippen molar-refractivity contribution in [3.8, 4) is 0 Å². The molecule has 0 saturated carbocycles. The minimum absolute atomic E-state index is 0.00482. The number of carbonyl (C=O) groups is 2. The number of benzene rings is 1. The maximum atomic E-state index is 11.7. The second-order valence-electron chi connectivity index (χ2n) is 4.98. The number of hydrazine groups is 1. The first-order valence-electron chi connectivity index (χ1n) is 6.82. The number of hydrogen-bond donors (Lipinski definition) is 1. The first-order valence-corrected chi connectivity index (χ1v) is 6.82. The molecule has 0 amide bonds. The largest absolute Gasteiger partial charge is 0.569 e. The van der Waals surface area contributed by atoms with Crippen molar-refractivity contribution in [3.05, 3.63) is 41.1 Å². The molecule has 1 aromatic rings. The lowest BCUT2D eigenvalue weighted by molar-refractivity contribution is -0.712. The first kappa shape index (κ1) is 18.2. The molecule has 1 rings (SSSR count). The predicted molar refractivity (Wildman–Crippen MR) is 77.9 cm³/mol. The zero-order valence-electron chi connectivity index (χ0n) is 13.1. The van der Waals surface area contributed by atoms with Crippen LogP contribution >= 0.6 is 0 Å². The fraction of sp³-hybridized carbons (Fsp3) is 0.429. The Hall–Kier alpha value is -2.84. The molecule has 1 aromatic carbocycles. The van der Waals surface area contributed by atoms with Crippen LogP contribution in [0.5, 0.6) is 0 Å². The van der Waals surface area contributed by atoms with E-state index in [1.54, 1.807) is 44.2 Å². The van der Waals surface area contributed by atoms with Crippen LogP contribution in [0, 0.1) is 11.1 Å². The van der Waals surface area contributed by atoms with Crippen molar-refractivity contribution < 1.29 is 29.2 Å². The minimum Gasteiger partial charge on any atom is -0.569 e. The highest BCUT2D eigenvalue weighted by Gasteiger charge is 2.31. The fourth-order valence-electron chi connectivity index (χ4n) is 1.85. The maximum absolute atomic E-state index is 11.7. The molecule has 0 aromatic heterocycles. The number of esters is 1. The van der Waals surface area contributed by atoms with Crippen molar-refractivity contribution in [2.24, 2.45) is 11.2 Å². The van der Waals surface area contributed by atoms with Gasteiger partial charge in [0.25, 0.3) is 6.79 Å². The third kappa shape index (κ3) is 5.46. The Morgan fingerprint density at radius 1 is 1.35 bits per heavy atom. The number of ether oxygens (including phenoxy) is 1. The number of nitrogens with zero attached hydrogens (tertiary/aromatic N) is 3. The summed E-state index contributed by atoms with van der Waals surface area (Å²) in [7, 11) is 1.27. The van der Waals surface area contributed by atoms with E-state index in [9.17, 15) is 14.8 Å². The number of carboxylic acid groups (broad SMARTS) is 1. The zero-order chi connectivity index (χ0) is 17.4. The van der Waals surface area contributed by atoms with Crippen LogP contribution in [0.2, 0.25) is 0 Å². The SMILES string of the molecule is CC(C)[C@@H](C(=O)O)N(C)/[N+]([O-])=N\OCOC(=O)c1ccccc1. The van der Waals surface area contributed by atoms with Gasteiger partial charge in [-0.25, -0.2) is 9.59 Å². The average molecular weight is 325 g/mol. The van der Waals surface area contributed by atoms with Crippen molar-refractivity contribution in [2.75, 3.05) is 13.8 Å². The summed E-state index contributed by atoms with van der Waals surface area (Å²) in [5.41, 5.74) is 0.331. The van der Waals surface area contributed by atoms with Gasteiger partial charge in [-0.1, -0.05) is 32.0 Å². The number of carboxylic acids is 1. The number of hydrogen-bond acceptors (Lipinski definition) is 6. The predicted octanol–water partition coefficient (Wildman–Crippen LogP) is 1.65. The van der Waals surface area contributed by atoms with Gasteiger partial charge in [0.1, 0.15) is 0 Å². The molecule has 0 aliphatic carbocycles. The maximum Gasteiger partial charge on any atom is 0.341 e. The lowest BCUT2D eigenvalue weighted by atomic mass is 10.1. The molecule has 9 heteroatoms. The van der Waals surface area contributed by atoms with Crippen molar-refractivity contribution in [1.29, 1.82) is 0 Å². The third-order valence-corrected chi connectivity index (χ3v) is 2.94. The Balaban J connectivity index is 2.50. The van der Waals surface area contributed by atoms with E-state index in [-0.39, 0.29) is 10.9 Å². The Bertz CT molecular complexity index is 561. The van der Waals surface area contributed by atoms with Gasteiger partial charge in [0.15, 0.2) is 6.04 Å². The number of rotatable bonds is 8. The van der Waals surface area contributed by atoms with Crippen molar-refractivity contribution in [1.82, 2.24) is 5.01 Å². The monoisotopic (exact) mass is 325 g/mol. The van der Waals surface area contributed by atoms with Gasteiger partial charge < -0.3 is 19.9 Å². The smallest absolute Gasteiger partial charge is 0.341 e. The summed E-state index contributed by atoms with van der Waals surface area (Å²) in [5.74, 6) is -2.11. The van der Waals surface area contributed by atoms with Gasteiger partial charge in [0.05, 0.1) is 17.6 Å². The van der Waals surface area contributed by atoms with Crippen LogP contribution in [0.3, 0.4) is 0 Å². The molecule has 0 fully saturated rings. The molecule has 0 bridgehead atoms. The highest BCUT2D eigenvalue weighted by Crippen LogP contribution is 2.10. The second kappa shape index (κ2) is 8.57. The molecule has 23 heavy (non-hydrogen) atoms. The summed E-state index contributed by atoms with van der Waals surface area (Å²) in [6, 6.07) is 7.16. The van der Waals surface area contributed by atoms with Gasteiger partial charge in [0, 0.05) is 0 Å². The molecule has 0 aliphatic rings. The summed E-state index contributed by atoms with van der Waals surface area (Å²) < 4.78 is 4.76. The Kier molecular flexibility index (Phi) is 6.78. The summed E-state index contributed by atoms with van der Waals surface area (Å²) in [6.07, 6.45) is 0. The molecule has 0 saturated heterocycles. The Labute approximate surface area is 133 Å². The van der Waals surface area contributed by atoms with E-state index in [1.807, 2.05) is 0 Å². The van der Waals surface area contributed by atoms with Crippen molar-refractivity contribution in [3.63, 3.8) is 0 Å². The molecule has 0 unspecified atom stereocenters. The molecule has 0 heterocycles. The van der Waals surface area contributed by atoms with Crippen LogP contribution in [0.15, 0.2) is 35.6 Å². The Morgan fingerprint density at radius 3 is 2.48 bits per heavy atom. The lowest BCUT2D eigenvalue weighted by Crippen LogP contribution is -2.45. The number of carbonyl (C=O) groups excluding carboxylic acids is 1. The van der Waals surface area contributed by atoms with E-state index in [0.29, 0.717) is 5.56 Å². The van der Waals surface area contributed by atoms with Crippen LogP contribution in [0.1, 0.15) is 24.2 Å². The van der Waals surface area contributed by atoms with Crippen LogP contribution in [-0.4, -0.2) is 46.9 Å². The van der Waals surface area contributed by atoms with Gasteiger partial charge in [-0.05, 0) is 18.1 Å². The standard InChI is InChI=1S/C14H19N3O6/c1-10(2)12(13(18)19)16(3)17(21)15-23-9-22-14(20)11-7-5-4-6-8-11/h4-8,10,12H,9H2,1-3H3,(H,18,19)/b17-15+/t12-/m0/s1. The first-order chi connectivity index (χ1) is 10.8. The van der Waals surface area contributed by atoms with Gasteiger partial charge in [-0.2, -0.15) is 0 Å². The molecule has 0 spiro atoms. The molecular weight excluding hydrogens is 306 g/mol. The van der Waals surface area contributed by atoms with E-state index >= 15 is 0 Å². The highest BCUT2D eigenvalue weighted by atomic mass is 16.8. The summed E-state index contributed by atoms with van der Waals surface area (Å²) in [4.78, 5) is 27.3. The van der Waals surface area contributed by atoms with Crippen molar-refractivity contribution in [2.45, 2.75) is 19.9 Å². The van der Waals surface area contributed by atoms with E-state index in [1.165, 1.54) is 7.05 Å². The quantitative estimate of drug-likeness (QED) is 0.193. The van der Waals surface area contributed by atoms with Crippen LogP contribution in [0.25, 0.3) is 0 Å². The van der Waals surface area contributed by atoms with Gasteiger partial charge in [0.2, 0.25) is 5.28 Å². The highest BCUT2D eigenvalue weighted by molar-refractivity contribution is 5.89. The number of aliphatic carboxylic acids is 1. The summed E-state index contributed by atoms with van der Waals surface area (Å²) >= 11 is 0. The van der Waals surface area contributed by atoms with Gasteiger partial charge >= 0.3 is 11.9 Å². The second-order valence-corrected chi connectivity index (χ2v) is 4.98. The van der Waals surface area contributed by atoms with Crippen molar-refractivity contribution >= 4 is 11.9 Å². The van der Waals surface area contributed by atoms with E-state index in [0.717, 1.165) is 5.01 Å². The van der Waals surface area contributed by atoms with Crippen LogP contribution < -0.4 is 0 Å². The molecule has 9 nitrogen and oxygen atoms in total. The molecule has 1 N–H and O–H groups in total. The minimum atomic E-state index is -1.16. The molecule has 1 atom stereocenters. The normalized spacial score (nSPS) is 12.6. The average Bonchev–Trinajstić information content (AvgIpc) is 2.51. The van der Waals surface area contributed by atoms with Gasteiger partial charge in [-0.15, -0.1) is 5.01 Å². The number of likely N-dealkylation sites (N-methyl/N-ethyl adjacent to an activating group) is 1. The summed E-state index contributed by atoms with van der Waals surface area (Å²) in [6.45, 7) is 2.75. The van der Waals surface area contributed by atoms with E-state index in [2.05, 4.69) is 10.1 Å². The lowest BCUT2D eigenvalue weighted by Gasteiger charge is -2.22. The third-order valence-electron chi connectivity index (χ3n) is 2.94. The molecule has 0 radical (unpaired) electrons. The molecule has 126 valence electrons. The zero-order valence-corrected chi connectivity index (χ0v) is 13.1. The Morgan fingerprint density at radius 2 is 1.96 bits per heavy atom. The fourth-order valence-corrected chi connectivity index (χ4v) is 1.85.